The number of carbonyl (C=O) groups excluding carboxylic acids is 1. The number of likely N-dealkylation sites (tertiary alicyclic amines) is 1. The number of anilines is 2. The molecule has 2 heterocycles. The number of carbonyl (C=O) groups is 1. The molecule has 1 aromatic heterocycles. The highest BCUT2D eigenvalue weighted by molar-refractivity contribution is 5.76. The SMILES string of the molecule is Cc1c(N)ncnc1NCCC(=O)N1CCCCC1. The van der Waals surface area contributed by atoms with Gasteiger partial charge in [-0.1, -0.05) is 0 Å². The van der Waals surface area contributed by atoms with Crippen LogP contribution in [0.4, 0.5) is 11.6 Å². The van der Waals surface area contributed by atoms with Crippen LogP contribution in [0.2, 0.25) is 0 Å². The predicted octanol–water partition coefficient (Wildman–Crippen LogP) is 1.18. The number of amides is 1. The lowest BCUT2D eigenvalue weighted by molar-refractivity contribution is -0.131. The van der Waals surface area contributed by atoms with Gasteiger partial charge in [-0.05, 0) is 26.2 Å². The summed E-state index contributed by atoms with van der Waals surface area (Å²) in [4.78, 5) is 21.9. The van der Waals surface area contributed by atoms with Crippen LogP contribution >= 0.6 is 0 Å². The number of rotatable bonds is 4. The molecule has 0 unspecified atom stereocenters. The summed E-state index contributed by atoms with van der Waals surface area (Å²) in [5.41, 5.74) is 6.53. The summed E-state index contributed by atoms with van der Waals surface area (Å²) < 4.78 is 0. The van der Waals surface area contributed by atoms with Gasteiger partial charge in [0.15, 0.2) is 0 Å². The van der Waals surface area contributed by atoms with E-state index >= 15 is 0 Å². The Bertz CT molecular complexity index is 443. The van der Waals surface area contributed by atoms with E-state index in [1.807, 2.05) is 11.8 Å². The topological polar surface area (TPSA) is 84.1 Å². The first-order valence-electron chi connectivity index (χ1n) is 6.77. The van der Waals surface area contributed by atoms with Crippen molar-refractivity contribution in [3.05, 3.63) is 11.9 Å². The molecular formula is C13H21N5O. The van der Waals surface area contributed by atoms with E-state index in [9.17, 15) is 4.79 Å². The molecule has 19 heavy (non-hydrogen) atoms. The van der Waals surface area contributed by atoms with Crippen LogP contribution < -0.4 is 11.1 Å². The Balaban J connectivity index is 1.79. The van der Waals surface area contributed by atoms with Crippen molar-refractivity contribution in [2.45, 2.75) is 32.6 Å². The van der Waals surface area contributed by atoms with E-state index in [1.54, 1.807) is 0 Å². The Morgan fingerprint density at radius 2 is 2.11 bits per heavy atom. The van der Waals surface area contributed by atoms with Gasteiger partial charge in [-0.15, -0.1) is 0 Å². The van der Waals surface area contributed by atoms with E-state index in [4.69, 9.17) is 5.73 Å². The molecule has 3 N–H and O–H groups in total. The van der Waals surface area contributed by atoms with E-state index in [-0.39, 0.29) is 5.91 Å². The molecule has 0 radical (unpaired) electrons. The molecule has 1 aromatic rings. The minimum Gasteiger partial charge on any atom is -0.383 e. The quantitative estimate of drug-likeness (QED) is 0.852. The second-order valence-corrected chi connectivity index (χ2v) is 4.85. The number of piperidine rings is 1. The lowest BCUT2D eigenvalue weighted by Gasteiger charge is -2.26. The minimum absolute atomic E-state index is 0.215. The summed E-state index contributed by atoms with van der Waals surface area (Å²) in [5.74, 6) is 1.39. The number of hydrogen-bond donors (Lipinski definition) is 2. The fraction of sp³-hybridized carbons (Fsp3) is 0.615. The van der Waals surface area contributed by atoms with Crippen LogP contribution in [0.15, 0.2) is 6.33 Å². The number of nitrogens with zero attached hydrogens (tertiary/aromatic N) is 3. The van der Waals surface area contributed by atoms with E-state index in [0.717, 1.165) is 31.5 Å². The first-order valence-corrected chi connectivity index (χ1v) is 6.77. The van der Waals surface area contributed by atoms with Crippen LogP contribution in [0.3, 0.4) is 0 Å². The lowest BCUT2D eigenvalue weighted by atomic mass is 10.1. The third kappa shape index (κ3) is 3.56. The molecule has 0 aliphatic carbocycles. The fourth-order valence-electron chi connectivity index (χ4n) is 2.23. The number of hydrogen-bond acceptors (Lipinski definition) is 5. The highest BCUT2D eigenvalue weighted by Gasteiger charge is 2.15. The first-order chi connectivity index (χ1) is 9.18. The molecule has 0 aromatic carbocycles. The normalized spacial score (nSPS) is 15.3. The molecule has 0 saturated carbocycles. The second-order valence-electron chi connectivity index (χ2n) is 4.85. The summed E-state index contributed by atoms with van der Waals surface area (Å²) in [6, 6.07) is 0. The van der Waals surface area contributed by atoms with Crippen molar-refractivity contribution >= 4 is 17.5 Å². The molecule has 1 aliphatic rings. The monoisotopic (exact) mass is 263 g/mol. The Morgan fingerprint density at radius 1 is 1.37 bits per heavy atom. The van der Waals surface area contributed by atoms with Gasteiger partial charge in [-0.3, -0.25) is 4.79 Å². The molecule has 0 atom stereocenters. The molecule has 6 nitrogen and oxygen atoms in total. The summed E-state index contributed by atoms with van der Waals surface area (Å²) >= 11 is 0. The summed E-state index contributed by atoms with van der Waals surface area (Å²) in [6.07, 6.45) is 5.41. The summed E-state index contributed by atoms with van der Waals surface area (Å²) in [6.45, 7) is 4.24. The van der Waals surface area contributed by atoms with Crippen LogP contribution in [-0.4, -0.2) is 40.4 Å². The molecule has 0 bridgehead atoms. The lowest BCUT2D eigenvalue weighted by Crippen LogP contribution is -2.36. The fourth-order valence-corrected chi connectivity index (χ4v) is 2.23. The maximum Gasteiger partial charge on any atom is 0.224 e. The zero-order valence-electron chi connectivity index (χ0n) is 11.4. The van der Waals surface area contributed by atoms with Crippen LogP contribution in [0.5, 0.6) is 0 Å². The van der Waals surface area contributed by atoms with Crippen LogP contribution in [-0.2, 0) is 4.79 Å². The predicted molar refractivity (Wildman–Crippen MR) is 74.7 cm³/mol. The first kappa shape index (κ1) is 13.6. The Hall–Kier alpha value is -1.85. The van der Waals surface area contributed by atoms with Gasteiger partial charge in [-0.2, -0.15) is 0 Å². The largest absolute Gasteiger partial charge is 0.383 e. The zero-order chi connectivity index (χ0) is 13.7. The standard InChI is InChI=1S/C13H21N5O/c1-10-12(14)16-9-17-13(10)15-6-5-11(19)18-7-3-2-4-8-18/h9H,2-8H2,1H3,(H3,14,15,16,17). The number of nitrogens with one attached hydrogen (secondary N) is 1. The van der Waals surface area contributed by atoms with Gasteiger partial charge in [-0.25, -0.2) is 9.97 Å². The van der Waals surface area contributed by atoms with E-state index in [1.165, 1.54) is 12.7 Å². The molecule has 1 fully saturated rings. The van der Waals surface area contributed by atoms with Gasteiger partial charge in [0.25, 0.3) is 0 Å². The van der Waals surface area contributed by atoms with Crippen LogP contribution in [0.1, 0.15) is 31.2 Å². The van der Waals surface area contributed by atoms with Crippen molar-refractivity contribution in [1.82, 2.24) is 14.9 Å². The van der Waals surface area contributed by atoms with Crippen molar-refractivity contribution in [2.24, 2.45) is 0 Å². The molecular weight excluding hydrogens is 242 g/mol. The van der Waals surface area contributed by atoms with Crippen LogP contribution in [0.25, 0.3) is 0 Å². The third-order valence-electron chi connectivity index (χ3n) is 3.46. The average molecular weight is 263 g/mol. The average Bonchev–Trinajstić information content (AvgIpc) is 2.44. The Morgan fingerprint density at radius 3 is 2.84 bits per heavy atom. The van der Waals surface area contributed by atoms with Gasteiger partial charge < -0.3 is 16.0 Å². The summed E-state index contributed by atoms with van der Waals surface area (Å²) in [5, 5.41) is 3.15. The maximum atomic E-state index is 12.0. The van der Waals surface area contributed by atoms with Crippen molar-refractivity contribution in [3.63, 3.8) is 0 Å². The van der Waals surface area contributed by atoms with Crippen molar-refractivity contribution in [3.8, 4) is 0 Å². The number of aromatic nitrogens is 2. The molecule has 0 spiro atoms. The Kier molecular flexibility index (Phi) is 4.54. The van der Waals surface area contributed by atoms with Crippen LogP contribution in [0, 0.1) is 6.92 Å². The third-order valence-corrected chi connectivity index (χ3v) is 3.46. The van der Waals surface area contributed by atoms with Gasteiger partial charge >= 0.3 is 0 Å². The molecule has 2 rings (SSSR count). The van der Waals surface area contributed by atoms with E-state index in [2.05, 4.69) is 15.3 Å². The molecule has 104 valence electrons. The van der Waals surface area contributed by atoms with Crippen molar-refractivity contribution < 1.29 is 4.79 Å². The molecule has 1 amide bonds. The zero-order valence-corrected chi connectivity index (χ0v) is 11.4. The highest BCUT2D eigenvalue weighted by Crippen LogP contribution is 2.15. The van der Waals surface area contributed by atoms with Crippen molar-refractivity contribution in [2.75, 3.05) is 30.7 Å². The van der Waals surface area contributed by atoms with E-state index in [0.29, 0.717) is 24.6 Å². The minimum atomic E-state index is 0.215. The maximum absolute atomic E-state index is 12.0. The van der Waals surface area contributed by atoms with Crippen molar-refractivity contribution in [1.29, 1.82) is 0 Å². The Labute approximate surface area is 113 Å². The number of nitrogens with two attached hydrogens (primary N) is 1. The van der Waals surface area contributed by atoms with Gasteiger partial charge in [0.2, 0.25) is 5.91 Å². The van der Waals surface area contributed by atoms with Gasteiger partial charge in [0, 0.05) is 31.6 Å². The summed E-state index contributed by atoms with van der Waals surface area (Å²) in [7, 11) is 0. The number of nitrogen functional groups attached to an aromatic ring is 1. The molecule has 1 aliphatic heterocycles. The second kappa shape index (κ2) is 6.36. The van der Waals surface area contributed by atoms with Gasteiger partial charge in [0.05, 0.1) is 0 Å². The molecule has 1 saturated heterocycles. The molecule has 6 heteroatoms. The smallest absolute Gasteiger partial charge is 0.224 e. The van der Waals surface area contributed by atoms with E-state index < -0.39 is 0 Å². The highest BCUT2D eigenvalue weighted by atomic mass is 16.2. The van der Waals surface area contributed by atoms with Gasteiger partial charge in [0.1, 0.15) is 18.0 Å².